The molecule has 1 aliphatic rings. The highest BCUT2D eigenvalue weighted by Crippen LogP contribution is 2.25. The van der Waals surface area contributed by atoms with Crippen molar-refractivity contribution in [3.63, 3.8) is 0 Å². The van der Waals surface area contributed by atoms with Crippen LogP contribution in [0.1, 0.15) is 34.1 Å². The summed E-state index contributed by atoms with van der Waals surface area (Å²) >= 11 is 0. The molecule has 0 amide bonds. The minimum atomic E-state index is -1.27. The summed E-state index contributed by atoms with van der Waals surface area (Å²) in [6.07, 6.45) is -3.21. The van der Waals surface area contributed by atoms with Gasteiger partial charge >= 0.3 is 11.9 Å². The number of aliphatic hydroxyl groups is 1. The van der Waals surface area contributed by atoms with E-state index in [9.17, 15) is 14.7 Å². The van der Waals surface area contributed by atoms with E-state index in [2.05, 4.69) is 0 Å². The Morgan fingerprint density at radius 2 is 1.35 bits per heavy atom. The van der Waals surface area contributed by atoms with E-state index in [1.165, 1.54) is 0 Å². The Morgan fingerprint density at radius 3 is 1.85 bits per heavy atom. The first kappa shape index (κ1) is 18.1. The lowest BCUT2D eigenvalue weighted by molar-refractivity contribution is -0.240. The Labute approximate surface area is 151 Å². The quantitative estimate of drug-likeness (QED) is 0.848. The van der Waals surface area contributed by atoms with Gasteiger partial charge in [0, 0.05) is 6.42 Å². The van der Waals surface area contributed by atoms with Crippen LogP contribution in [0.2, 0.25) is 0 Å². The summed E-state index contributed by atoms with van der Waals surface area (Å²) in [5.41, 5.74) is 0.791. The fraction of sp³-hybridized carbons (Fsp3) is 0.300. The zero-order valence-corrected chi connectivity index (χ0v) is 14.3. The molecule has 1 heterocycles. The van der Waals surface area contributed by atoms with Crippen molar-refractivity contribution in [2.45, 2.75) is 37.9 Å². The van der Waals surface area contributed by atoms with Crippen LogP contribution in [0.3, 0.4) is 0 Å². The number of carbonyl (C=O) groups is 2. The Kier molecular flexibility index (Phi) is 5.65. The summed E-state index contributed by atoms with van der Waals surface area (Å²) in [5.74, 6) is -1.06. The molecule has 3 rings (SSSR count). The molecular weight excluding hydrogens is 336 g/mol. The Hall–Kier alpha value is -2.70. The molecule has 0 spiro atoms. The van der Waals surface area contributed by atoms with Gasteiger partial charge in [-0.25, -0.2) is 9.59 Å². The van der Waals surface area contributed by atoms with Crippen LogP contribution in [-0.4, -0.2) is 41.6 Å². The first-order valence-electron chi connectivity index (χ1n) is 8.40. The van der Waals surface area contributed by atoms with Crippen molar-refractivity contribution in [3.05, 3.63) is 71.8 Å². The molecule has 1 saturated heterocycles. The van der Waals surface area contributed by atoms with Crippen LogP contribution >= 0.6 is 0 Å². The summed E-state index contributed by atoms with van der Waals surface area (Å²) in [5, 5.41) is 10.1. The van der Waals surface area contributed by atoms with Crippen LogP contribution in [0.4, 0.5) is 0 Å². The monoisotopic (exact) mass is 356 g/mol. The van der Waals surface area contributed by atoms with Crippen molar-refractivity contribution in [3.8, 4) is 0 Å². The van der Waals surface area contributed by atoms with Gasteiger partial charge in [-0.05, 0) is 31.2 Å². The number of benzene rings is 2. The highest BCUT2D eigenvalue weighted by molar-refractivity contribution is 5.90. The van der Waals surface area contributed by atoms with Crippen molar-refractivity contribution in [1.29, 1.82) is 0 Å². The maximum absolute atomic E-state index is 12.2. The Balaban J connectivity index is 1.65. The summed E-state index contributed by atoms with van der Waals surface area (Å²) < 4.78 is 16.2. The number of rotatable bonds is 4. The molecule has 0 bridgehead atoms. The number of carbonyl (C=O) groups excluding carboxylic acids is 2. The number of esters is 2. The van der Waals surface area contributed by atoms with E-state index in [1.807, 2.05) is 0 Å². The number of hydrogen-bond donors (Lipinski definition) is 1. The SMILES string of the molecule is CC1OC(O)C(OC(=O)c2ccccc2)C[C@H]1OC(=O)c1ccccc1. The summed E-state index contributed by atoms with van der Waals surface area (Å²) in [7, 11) is 0. The molecule has 1 fully saturated rings. The Bertz CT molecular complexity index is 682. The molecule has 6 nitrogen and oxygen atoms in total. The summed E-state index contributed by atoms with van der Waals surface area (Å²) in [6, 6.07) is 17.1. The van der Waals surface area contributed by atoms with Gasteiger partial charge < -0.3 is 19.3 Å². The normalized spacial score (nSPS) is 25.3. The lowest BCUT2D eigenvalue weighted by atomic mass is 10.0. The molecule has 2 aromatic rings. The van der Waals surface area contributed by atoms with E-state index < -0.39 is 36.5 Å². The molecule has 3 unspecified atom stereocenters. The second kappa shape index (κ2) is 8.12. The average Bonchev–Trinajstić information content (AvgIpc) is 2.66. The first-order chi connectivity index (χ1) is 12.5. The van der Waals surface area contributed by atoms with Crippen molar-refractivity contribution in [1.82, 2.24) is 0 Å². The molecule has 0 saturated carbocycles. The molecule has 6 heteroatoms. The standard InChI is InChI=1S/C20H20O6/c1-13-16(25-18(21)14-8-4-2-5-9-14)12-17(20(23)24-13)26-19(22)15-10-6-3-7-11-15/h2-11,13,16-17,20,23H,12H2,1H3/t13?,16-,17?,20?/m1/s1. The third-order valence-corrected chi connectivity index (χ3v) is 4.20. The second-order valence-electron chi connectivity index (χ2n) is 6.09. The van der Waals surface area contributed by atoms with Crippen molar-refractivity contribution in [2.75, 3.05) is 0 Å². The lowest BCUT2D eigenvalue weighted by Gasteiger charge is -2.36. The van der Waals surface area contributed by atoms with Crippen molar-refractivity contribution < 1.29 is 28.9 Å². The number of aliphatic hydroxyl groups excluding tert-OH is 1. The minimum absolute atomic E-state index is 0.152. The van der Waals surface area contributed by atoms with Gasteiger partial charge in [-0.2, -0.15) is 0 Å². The van der Waals surface area contributed by atoms with Gasteiger partial charge in [0.05, 0.1) is 17.2 Å². The third kappa shape index (κ3) is 4.28. The molecule has 0 radical (unpaired) electrons. The van der Waals surface area contributed by atoms with E-state index >= 15 is 0 Å². The van der Waals surface area contributed by atoms with Gasteiger partial charge in [0.25, 0.3) is 0 Å². The predicted molar refractivity (Wildman–Crippen MR) is 92.5 cm³/mol. The van der Waals surface area contributed by atoms with Gasteiger partial charge in [0.15, 0.2) is 12.4 Å². The van der Waals surface area contributed by atoms with Crippen LogP contribution in [-0.2, 0) is 14.2 Å². The molecule has 26 heavy (non-hydrogen) atoms. The summed E-state index contributed by atoms with van der Waals surface area (Å²) in [6.45, 7) is 1.70. The van der Waals surface area contributed by atoms with E-state index in [-0.39, 0.29) is 6.42 Å². The molecular formula is C20H20O6. The number of ether oxygens (including phenoxy) is 3. The topological polar surface area (TPSA) is 82.1 Å². The largest absolute Gasteiger partial charge is 0.456 e. The van der Waals surface area contributed by atoms with Crippen LogP contribution in [0, 0.1) is 0 Å². The van der Waals surface area contributed by atoms with Crippen molar-refractivity contribution >= 4 is 11.9 Å². The minimum Gasteiger partial charge on any atom is -0.456 e. The highest BCUT2D eigenvalue weighted by Gasteiger charge is 2.39. The third-order valence-electron chi connectivity index (χ3n) is 4.20. The first-order valence-corrected chi connectivity index (χ1v) is 8.40. The van der Waals surface area contributed by atoms with Crippen LogP contribution in [0.15, 0.2) is 60.7 Å². The molecule has 1 N–H and O–H groups in total. The van der Waals surface area contributed by atoms with Gasteiger partial charge in [0.2, 0.25) is 0 Å². The van der Waals surface area contributed by atoms with Crippen LogP contribution in [0.5, 0.6) is 0 Å². The van der Waals surface area contributed by atoms with Gasteiger partial charge in [-0.1, -0.05) is 36.4 Å². The van der Waals surface area contributed by atoms with Gasteiger partial charge in [-0.15, -0.1) is 0 Å². The fourth-order valence-electron chi connectivity index (χ4n) is 2.74. The highest BCUT2D eigenvalue weighted by atomic mass is 16.7. The smallest absolute Gasteiger partial charge is 0.338 e. The predicted octanol–water partition coefficient (Wildman–Crippen LogP) is 2.56. The van der Waals surface area contributed by atoms with Crippen LogP contribution < -0.4 is 0 Å². The van der Waals surface area contributed by atoms with Crippen molar-refractivity contribution in [2.24, 2.45) is 0 Å². The van der Waals surface area contributed by atoms with E-state index in [1.54, 1.807) is 67.6 Å². The van der Waals surface area contributed by atoms with Gasteiger partial charge in [0.1, 0.15) is 6.10 Å². The lowest BCUT2D eigenvalue weighted by Crippen LogP contribution is -2.49. The van der Waals surface area contributed by atoms with E-state index in [0.717, 1.165) is 0 Å². The average molecular weight is 356 g/mol. The molecule has 1 aliphatic heterocycles. The maximum Gasteiger partial charge on any atom is 0.338 e. The maximum atomic E-state index is 12.2. The van der Waals surface area contributed by atoms with Crippen LogP contribution in [0.25, 0.3) is 0 Å². The molecule has 2 aromatic carbocycles. The molecule has 136 valence electrons. The summed E-state index contributed by atoms with van der Waals surface area (Å²) in [4.78, 5) is 24.4. The molecule has 4 atom stereocenters. The Morgan fingerprint density at radius 1 is 0.885 bits per heavy atom. The fourth-order valence-corrected chi connectivity index (χ4v) is 2.74. The number of hydrogen-bond acceptors (Lipinski definition) is 6. The van der Waals surface area contributed by atoms with Gasteiger partial charge in [-0.3, -0.25) is 0 Å². The zero-order valence-electron chi connectivity index (χ0n) is 14.3. The van der Waals surface area contributed by atoms with E-state index in [4.69, 9.17) is 14.2 Å². The van der Waals surface area contributed by atoms with E-state index in [0.29, 0.717) is 11.1 Å². The molecule has 0 aliphatic carbocycles. The zero-order chi connectivity index (χ0) is 18.5. The molecule has 0 aromatic heterocycles. The second-order valence-corrected chi connectivity index (χ2v) is 6.09.